The Bertz CT molecular complexity index is 661. The molecule has 0 saturated carbocycles. The summed E-state index contributed by atoms with van der Waals surface area (Å²) in [5, 5.41) is 3.34. The lowest BCUT2D eigenvalue weighted by Crippen LogP contribution is -2.27. The van der Waals surface area contributed by atoms with Gasteiger partial charge in [-0.3, -0.25) is 0 Å². The minimum Gasteiger partial charge on any atom is -0.478 e. The average Bonchev–Trinajstić information content (AvgIpc) is 2.93. The lowest BCUT2D eigenvalue weighted by Gasteiger charge is -2.17. The van der Waals surface area contributed by atoms with Gasteiger partial charge in [0.05, 0.1) is 12.2 Å². The molecule has 2 heterocycles. The van der Waals surface area contributed by atoms with Crippen molar-refractivity contribution in [1.29, 1.82) is 0 Å². The predicted molar refractivity (Wildman–Crippen MR) is 95.1 cm³/mol. The summed E-state index contributed by atoms with van der Waals surface area (Å²) in [6, 6.07) is 4.11. The quantitative estimate of drug-likeness (QED) is 0.593. The van der Waals surface area contributed by atoms with E-state index in [2.05, 4.69) is 54.3 Å². The van der Waals surface area contributed by atoms with E-state index < -0.39 is 0 Å². The van der Waals surface area contributed by atoms with Crippen molar-refractivity contribution in [2.45, 2.75) is 43.7 Å². The largest absolute Gasteiger partial charge is 0.478 e. The number of nitrogens with one attached hydrogen (secondary N) is 1. The van der Waals surface area contributed by atoms with Gasteiger partial charge in [0.1, 0.15) is 17.0 Å². The number of thiol groups is 2. The normalized spacial score (nSPS) is 15.5. The first-order chi connectivity index (χ1) is 10.6. The van der Waals surface area contributed by atoms with Gasteiger partial charge in [-0.15, -0.1) is 25.3 Å². The Morgan fingerprint density at radius 2 is 2.27 bits per heavy atom. The van der Waals surface area contributed by atoms with Gasteiger partial charge in [0.15, 0.2) is 0 Å². The third-order valence-corrected chi connectivity index (χ3v) is 4.57. The average molecular weight is 335 g/mol. The van der Waals surface area contributed by atoms with Crippen LogP contribution in [-0.4, -0.2) is 21.5 Å². The molecule has 22 heavy (non-hydrogen) atoms. The van der Waals surface area contributed by atoms with Crippen LogP contribution in [-0.2, 0) is 13.1 Å². The van der Waals surface area contributed by atoms with Gasteiger partial charge in [-0.05, 0) is 31.0 Å². The fraction of sp³-hybridized carbons (Fsp3) is 0.438. The molecule has 0 radical (unpaired) electrons. The van der Waals surface area contributed by atoms with Crippen LogP contribution in [0.2, 0.25) is 0 Å². The van der Waals surface area contributed by atoms with Crippen molar-refractivity contribution in [3.05, 3.63) is 29.7 Å². The zero-order valence-electron chi connectivity index (χ0n) is 12.8. The van der Waals surface area contributed by atoms with Crippen LogP contribution in [0.25, 0.3) is 11.3 Å². The number of benzene rings is 1. The van der Waals surface area contributed by atoms with Crippen LogP contribution in [0, 0.1) is 6.92 Å². The number of aromatic nitrogens is 2. The number of hydrogen-bond donors (Lipinski definition) is 3. The number of ether oxygens (including phenoxy) is 1. The standard InChI is InChI=1S/C16H21N3OS2/c1-3-15(22)20-16-11(6-10(2)7-13(16)21)12-9-19-5-4-17-8-14(19)18-12/h6-7,9,15,17,21-22H,3-5,8H2,1-2H3. The topological polar surface area (TPSA) is 39.1 Å². The van der Waals surface area contributed by atoms with Crippen LogP contribution in [0.5, 0.6) is 5.75 Å². The molecule has 1 N–H and O–H groups in total. The summed E-state index contributed by atoms with van der Waals surface area (Å²) < 4.78 is 8.19. The Labute approximate surface area is 142 Å². The molecule has 1 unspecified atom stereocenters. The van der Waals surface area contributed by atoms with E-state index in [1.807, 2.05) is 13.0 Å². The van der Waals surface area contributed by atoms with E-state index >= 15 is 0 Å². The van der Waals surface area contributed by atoms with Crippen molar-refractivity contribution in [2.75, 3.05) is 6.54 Å². The van der Waals surface area contributed by atoms with E-state index in [9.17, 15) is 0 Å². The summed E-state index contributed by atoms with van der Waals surface area (Å²) in [7, 11) is 0. The second-order valence-corrected chi connectivity index (χ2v) is 6.61. The number of imidazole rings is 1. The van der Waals surface area contributed by atoms with Crippen LogP contribution in [0.15, 0.2) is 23.2 Å². The summed E-state index contributed by atoms with van der Waals surface area (Å²) in [5.74, 6) is 1.83. The summed E-state index contributed by atoms with van der Waals surface area (Å²) >= 11 is 9.04. The Kier molecular flexibility index (Phi) is 4.70. The lowest BCUT2D eigenvalue weighted by molar-refractivity contribution is 0.280. The maximum absolute atomic E-state index is 5.99. The van der Waals surface area contributed by atoms with E-state index in [-0.39, 0.29) is 5.44 Å². The highest BCUT2D eigenvalue weighted by Gasteiger charge is 2.19. The Morgan fingerprint density at radius 3 is 3.00 bits per heavy atom. The molecular formula is C16H21N3OS2. The fourth-order valence-electron chi connectivity index (χ4n) is 2.61. The van der Waals surface area contributed by atoms with E-state index in [1.165, 1.54) is 0 Å². The van der Waals surface area contributed by atoms with Gasteiger partial charge in [0.2, 0.25) is 0 Å². The zero-order chi connectivity index (χ0) is 15.7. The molecule has 118 valence electrons. The van der Waals surface area contributed by atoms with Gasteiger partial charge >= 0.3 is 0 Å². The maximum Gasteiger partial charge on any atom is 0.143 e. The van der Waals surface area contributed by atoms with Gasteiger partial charge in [-0.2, -0.15) is 0 Å². The molecular weight excluding hydrogens is 314 g/mol. The first-order valence-corrected chi connectivity index (χ1v) is 8.50. The van der Waals surface area contributed by atoms with Crippen molar-refractivity contribution in [2.24, 2.45) is 0 Å². The van der Waals surface area contributed by atoms with Crippen LogP contribution in [0.1, 0.15) is 24.7 Å². The molecule has 0 aliphatic carbocycles. The first kappa shape index (κ1) is 15.8. The minimum absolute atomic E-state index is 0.147. The fourth-order valence-corrected chi connectivity index (χ4v) is 3.09. The molecule has 0 fully saturated rings. The second kappa shape index (κ2) is 6.56. The third-order valence-electron chi connectivity index (χ3n) is 3.76. The van der Waals surface area contributed by atoms with Crippen molar-refractivity contribution in [3.8, 4) is 17.0 Å². The number of nitrogens with zero attached hydrogens (tertiary/aromatic N) is 2. The number of fused-ring (bicyclic) bond motifs is 1. The van der Waals surface area contributed by atoms with Gasteiger partial charge in [-0.1, -0.05) is 6.92 Å². The summed E-state index contributed by atoms with van der Waals surface area (Å²) in [6.07, 6.45) is 2.93. The number of rotatable bonds is 4. The predicted octanol–water partition coefficient (Wildman–Crippen LogP) is 3.30. The van der Waals surface area contributed by atoms with Crippen LogP contribution >= 0.6 is 25.3 Å². The smallest absolute Gasteiger partial charge is 0.143 e. The summed E-state index contributed by atoms with van der Waals surface area (Å²) in [4.78, 5) is 5.58. The number of aryl methyl sites for hydroxylation is 1. The Hall–Kier alpha value is -1.11. The SMILES string of the molecule is CCC(S)Oc1c(S)cc(C)cc1-c1cn2c(n1)CNCC2. The minimum atomic E-state index is -0.147. The molecule has 2 aromatic rings. The monoisotopic (exact) mass is 335 g/mol. The summed E-state index contributed by atoms with van der Waals surface area (Å²) in [6.45, 7) is 6.84. The molecule has 1 aliphatic heterocycles. The highest BCUT2D eigenvalue weighted by Crippen LogP contribution is 2.37. The van der Waals surface area contributed by atoms with Gasteiger partial charge in [0.25, 0.3) is 0 Å². The lowest BCUT2D eigenvalue weighted by atomic mass is 10.1. The van der Waals surface area contributed by atoms with Crippen molar-refractivity contribution >= 4 is 25.3 Å². The van der Waals surface area contributed by atoms with Crippen molar-refractivity contribution in [1.82, 2.24) is 14.9 Å². The molecule has 1 aliphatic rings. The van der Waals surface area contributed by atoms with E-state index in [4.69, 9.17) is 9.72 Å². The molecule has 1 aromatic carbocycles. The molecule has 0 amide bonds. The summed E-state index contributed by atoms with van der Waals surface area (Å²) in [5.41, 5.74) is 2.92. The van der Waals surface area contributed by atoms with Crippen molar-refractivity contribution < 1.29 is 4.74 Å². The van der Waals surface area contributed by atoms with Gasteiger partial charge in [-0.25, -0.2) is 4.98 Å². The molecule has 1 atom stereocenters. The van der Waals surface area contributed by atoms with E-state index in [0.29, 0.717) is 0 Å². The molecule has 0 spiro atoms. The van der Waals surface area contributed by atoms with Crippen LogP contribution < -0.4 is 10.1 Å². The van der Waals surface area contributed by atoms with Gasteiger partial charge < -0.3 is 14.6 Å². The molecule has 1 aromatic heterocycles. The Morgan fingerprint density at radius 1 is 1.45 bits per heavy atom. The molecule has 4 nitrogen and oxygen atoms in total. The molecule has 0 bridgehead atoms. The molecule has 3 rings (SSSR count). The van der Waals surface area contributed by atoms with Crippen LogP contribution in [0.3, 0.4) is 0 Å². The second-order valence-electron chi connectivity index (χ2n) is 5.55. The highest BCUT2D eigenvalue weighted by atomic mass is 32.1. The van der Waals surface area contributed by atoms with Crippen LogP contribution in [0.4, 0.5) is 0 Å². The first-order valence-electron chi connectivity index (χ1n) is 7.54. The maximum atomic E-state index is 5.99. The van der Waals surface area contributed by atoms with Gasteiger partial charge in [0, 0.05) is 29.7 Å². The van der Waals surface area contributed by atoms with E-state index in [1.54, 1.807) is 0 Å². The zero-order valence-corrected chi connectivity index (χ0v) is 14.6. The molecule has 0 saturated heterocycles. The third kappa shape index (κ3) is 3.14. The van der Waals surface area contributed by atoms with E-state index in [0.717, 1.165) is 59.3 Å². The number of hydrogen-bond acceptors (Lipinski definition) is 5. The molecule has 6 heteroatoms. The van der Waals surface area contributed by atoms with Crippen molar-refractivity contribution in [3.63, 3.8) is 0 Å². The Balaban J connectivity index is 2.06. The highest BCUT2D eigenvalue weighted by molar-refractivity contribution is 7.81.